The average molecular weight is 267 g/mol. The van der Waals surface area contributed by atoms with E-state index in [1.807, 2.05) is 0 Å². The number of hydrogen-bond acceptors (Lipinski definition) is 5. The zero-order valence-corrected chi connectivity index (χ0v) is 12.6. The predicted octanol–water partition coefficient (Wildman–Crippen LogP) is 1.64. The summed E-state index contributed by atoms with van der Waals surface area (Å²) in [7, 11) is 1.37. The molecule has 5 heteroatoms. The molecule has 0 atom stereocenters. The maximum atomic E-state index is 11.2. The molecule has 0 spiro atoms. The molecule has 0 amide bonds. The number of hydrogen-bond donors (Lipinski definition) is 1. The highest BCUT2D eigenvalue weighted by Crippen LogP contribution is 2.31. The first-order chi connectivity index (χ1) is 8.69. The minimum Gasteiger partial charge on any atom is -0.469 e. The van der Waals surface area contributed by atoms with E-state index < -0.39 is 0 Å². The van der Waals surface area contributed by atoms with Gasteiger partial charge in [-0.15, -0.1) is 0 Å². The maximum absolute atomic E-state index is 11.2. The zero-order chi connectivity index (χ0) is 14.7. The van der Waals surface area contributed by atoms with Gasteiger partial charge in [0.1, 0.15) is 0 Å². The summed E-state index contributed by atoms with van der Waals surface area (Å²) in [4.78, 5) is 12.9. The molecule has 0 radical (unpaired) electrons. The van der Waals surface area contributed by atoms with Crippen LogP contribution in [0.15, 0.2) is 0 Å². The van der Waals surface area contributed by atoms with E-state index in [-0.39, 0.29) is 29.5 Å². The van der Waals surface area contributed by atoms with Crippen LogP contribution in [0.4, 0.5) is 0 Å². The third kappa shape index (κ3) is 4.71. The Kier molecular flexibility index (Phi) is 4.81. The maximum Gasteiger partial charge on any atom is 0.307 e. The molecule has 0 aromatic carbocycles. The molecule has 0 bridgehead atoms. The molecular weight excluding hydrogens is 242 g/mol. The van der Waals surface area contributed by atoms with Gasteiger partial charge in [0.2, 0.25) is 0 Å². The Morgan fingerprint density at radius 1 is 1.37 bits per heavy atom. The second-order valence-corrected chi connectivity index (χ2v) is 6.57. The van der Waals surface area contributed by atoms with Crippen molar-refractivity contribution in [2.75, 3.05) is 13.7 Å². The van der Waals surface area contributed by atoms with Crippen LogP contribution >= 0.6 is 0 Å². The van der Waals surface area contributed by atoms with Gasteiger partial charge in [-0.1, -0.05) is 0 Å². The van der Waals surface area contributed by atoms with Crippen LogP contribution in [0.1, 0.15) is 47.0 Å². The van der Waals surface area contributed by atoms with Crippen molar-refractivity contribution in [2.45, 2.75) is 64.1 Å². The molecule has 1 heterocycles. The van der Waals surface area contributed by atoms with Gasteiger partial charge in [-0.3, -0.25) is 4.79 Å². The van der Waals surface area contributed by atoms with Crippen LogP contribution in [-0.4, -0.2) is 41.6 Å². The van der Waals surface area contributed by atoms with Gasteiger partial charge in [0.15, 0.2) is 6.19 Å². The lowest BCUT2D eigenvalue weighted by atomic mass is 9.79. The fourth-order valence-corrected chi connectivity index (χ4v) is 3.12. The van der Waals surface area contributed by atoms with E-state index in [0.717, 1.165) is 12.8 Å². The highest BCUT2D eigenvalue weighted by molar-refractivity contribution is 5.69. The van der Waals surface area contributed by atoms with Gasteiger partial charge in [0.05, 0.1) is 13.5 Å². The largest absolute Gasteiger partial charge is 0.469 e. The van der Waals surface area contributed by atoms with Gasteiger partial charge >= 0.3 is 5.97 Å². The van der Waals surface area contributed by atoms with Crippen molar-refractivity contribution in [1.29, 1.82) is 5.26 Å². The monoisotopic (exact) mass is 267 g/mol. The molecule has 1 fully saturated rings. The lowest BCUT2D eigenvalue weighted by molar-refractivity contribution is -0.140. The van der Waals surface area contributed by atoms with Crippen LogP contribution in [0.3, 0.4) is 0 Å². The molecule has 1 aliphatic heterocycles. The molecule has 5 nitrogen and oxygen atoms in total. The lowest BCUT2D eigenvalue weighted by Gasteiger charge is -2.48. The van der Waals surface area contributed by atoms with E-state index in [9.17, 15) is 10.1 Å². The number of nitrogens with zero attached hydrogens (tertiary/aromatic N) is 2. The molecule has 19 heavy (non-hydrogen) atoms. The van der Waals surface area contributed by atoms with Crippen molar-refractivity contribution in [3.63, 3.8) is 0 Å². The van der Waals surface area contributed by atoms with Crippen molar-refractivity contribution in [1.82, 2.24) is 10.2 Å². The number of esters is 1. The number of nitrogens with one attached hydrogen (secondary N) is 1. The molecule has 108 valence electrons. The molecule has 0 aliphatic carbocycles. The Morgan fingerprint density at radius 3 is 2.32 bits per heavy atom. The Bertz CT molecular complexity index is 355. The molecular formula is C14H25N3O2. The summed E-state index contributed by atoms with van der Waals surface area (Å²) in [5, 5.41) is 12.9. The molecule has 1 saturated heterocycles. The highest BCUT2D eigenvalue weighted by Gasteiger charge is 2.39. The topological polar surface area (TPSA) is 65.4 Å². The molecule has 1 N–H and O–H groups in total. The molecule has 1 aliphatic rings. The van der Waals surface area contributed by atoms with Gasteiger partial charge in [0.25, 0.3) is 0 Å². The second-order valence-electron chi connectivity index (χ2n) is 6.57. The minimum atomic E-state index is -0.271. The number of nitriles is 1. The number of rotatable bonds is 4. The fourth-order valence-electron chi connectivity index (χ4n) is 3.12. The van der Waals surface area contributed by atoms with Gasteiger partial charge in [-0.2, -0.15) is 5.26 Å². The number of methoxy groups -OCH3 is 1. The van der Waals surface area contributed by atoms with Crippen LogP contribution in [-0.2, 0) is 9.53 Å². The van der Waals surface area contributed by atoms with Crippen molar-refractivity contribution in [2.24, 2.45) is 0 Å². The predicted molar refractivity (Wildman–Crippen MR) is 73.3 cm³/mol. The minimum absolute atomic E-state index is 0.00716. The summed E-state index contributed by atoms with van der Waals surface area (Å²) >= 11 is 0. The second kappa shape index (κ2) is 5.79. The number of carbonyl (C=O) groups excluding carboxylic acids is 1. The Morgan fingerprint density at radius 2 is 1.89 bits per heavy atom. The summed E-state index contributed by atoms with van der Waals surface area (Å²) in [5.74, 6) is -0.271. The first-order valence-electron chi connectivity index (χ1n) is 6.72. The van der Waals surface area contributed by atoms with Crippen LogP contribution in [0.2, 0.25) is 0 Å². The summed E-state index contributed by atoms with van der Waals surface area (Å²) in [6.07, 6.45) is 4.27. The zero-order valence-electron chi connectivity index (χ0n) is 12.6. The molecule has 1 rings (SSSR count). The van der Waals surface area contributed by atoms with Crippen molar-refractivity contribution in [3.8, 4) is 6.19 Å². The fraction of sp³-hybridized carbons (Fsp3) is 0.857. The first kappa shape index (κ1) is 15.8. The lowest BCUT2D eigenvalue weighted by Crippen LogP contribution is -2.61. The molecule has 0 aromatic heterocycles. The van der Waals surface area contributed by atoms with E-state index in [1.54, 1.807) is 4.90 Å². The third-order valence-electron chi connectivity index (χ3n) is 3.52. The Labute approximate surface area is 115 Å². The van der Waals surface area contributed by atoms with Gasteiger partial charge in [-0.05, 0) is 40.5 Å². The summed E-state index contributed by atoms with van der Waals surface area (Å²) in [5.41, 5.74) is -0.0143. The van der Waals surface area contributed by atoms with Crippen molar-refractivity contribution >= 4 is 5.97 Å². The number of carbonyl (C=O) groups is 1. The van der Waals surface area contributed by atoms with E-state index in [2.05, 4.69) is 43.9 Å². The average Bonchev–Trinajstić information content (AvgIpc) is 2.25. The molecule has 0 saturated carbocycles. The van der Waals surface area contributed by atoms with Gasteiger partial charge in [0, 0.05) is 23.7 Å². The van der Waals surface area contributed by atoms with E-state index in [4.69, 9.17) is 0 Å². The van der Waals surface area contributed by atoms with Crippen molar-refractivity contribution in [3.05, 3.63) is 0 Å². The van der Waals surface area contributed by atoms with Crippen LogP contribution < -0.4 is 5.32 Å². The summed E-state index contributed by atoms with van der Waals surface area (Å²) in [6.45, 7) is 9.03. The Hall–Kier alpha value is -1.28. The number of piperidine rings is 1. The summed E-state index contributed by atoms with van der Waals surface area (Å²) in [6, 6.07) is 0.168. The third-order valence-corrected chi connectivity index (χ3v) is 3.52. The van der Waals surface area contributed by atoms with Crippen LogP contribution in [0.5, 0.6) is 0 Å². The van der Waals surface area contributed by atoms with E-state index >= 15 is 0 Å². The van der Waals surface area contributed by atoms with Gasteiger partial charge in [-0.25, -0.2) is 0 Å². The summed E-state index contributed by atoms with van der Waals surface area (Å²) < 4.78 is 4.63. The molecule has 0 aromatic rings. The standard InChI is InChI=1S/C14H25N3O2/c1-13(2)8-11(9-14(3,4)16-13)17(10-15)7-6-12(18)19-5/h11,16H,6-9H2,1-5H3. The smallest absolute Gasteiger partial charge is 0.307 e. The highest BCUT2D eigenvalue weighted by atomic mass is 16.5. The van der Waals surface area contributed by atoms with E-state index in [0.29, 0.717) is 6.54 Å². The first-order valence-corrected chi connectivity index (χ1v) is 6.72. The normalized spacial score (nSPS) is 21.5. The van der Waals surface area contributed by atoms with E-state index in [1.165, 1.54) is 7.11 Å². The van der Waals surface area contributed by atoms with Gasteiger partial charge < -0.3 is 15.0 Å². The molecule has 0 unspecified atom stereocenters. The SMILES string of the molecule is COC(=O)CCN(C#N)C1CC(C)(C)NC(C)(C)C1. The van der Waals surface area contributed by atoms with Crippen molar-refractivity contribution < 1.29 is 9.53 Å². The number of ether oxygens (including phenoxy) is 1. The Balaban J connectivity index is 2.70. The van der Waals surface area contributed by atoms with Crippen LogP contribution in [0, 0.1) is 11.5 Å². The quantitative estimate of drug-likeness (QED) is 0.476. The van der Waals surface area contributed by atoms with Crippen LogP contribution in [0.25, 0.3) is 0 Å².